The molecule has 0 saturated carbocycles. The Labute approximate surface area is 112 Å². The molecule has 18 heavy (non-hydrogen) atoms. The highest BCUT2D eigenvalue weighted by molar-refractivity contribution is 8.00. The molecule has 1 heterocycles. The van der Waals surface area contributed by atoms with Crippen LogP contribution in [-0.4, -0.2) is 47.4 Å². The molecule has 0 aliphatic heterocycles. The lowest BCUT2D eigenvalue weighted by molar-refractivity contribution is -0.119. The minimum Gasteiger partial charge on any atom is -0.414 e. The number of rotatable bonds is 6. The van der Waals surface area contributed by atoms with Crippen LogP contribution in [0.4, 0.5) is 0 Å². The molecule has 0 fully saturated rings. The number of hydrogen-bond acceptors (Lipinski definition) is 6. The van der Waals surface area contributed by atoms with E-state index in [0.717, 1.165) is 6.42 Å². The average molecular weight is 272 g/mol. The number of aromatic nitrogens is 2. The molecule has 7 heteroatoms. The van der Waals surface area contributed by atoms with Crippen molar-refractivity contribution >= 4 is 17.7 Å². The number of nitrogens with zero attached hydrogens (tertiary/aromatic N) is 3. The minimum absolute atomic E-state index is 0.0561. The molecule has 102 valence electrons. The normalized spacial score (nSPS) is 14.6. The van der Waals surface area contributed by atoms with Gasteiger partial charge in [-0.15, -0.1) is 10.2 Å². The van der Waals surface area contributed by atoms with Crippen molar-refractivity contribution in [2.45, 2.75) is 36.8 Å². The molecule has 6 nitrogen and oxygen atoms in total. The van der Waals surface area contributed by atoms with Crippen LogP contribution in [0.1, 0.15) is 32.2 Å². The van der Waals surface area contributed by atoms with Crippen LogP contribution < -0.4 is 5.32 Å². The maximum absolute atomic E-state index is 11.4. The molecular weight excluding hydrogens is 252 g/mol. The summed E-state index contributed by atoms with van der Waals surface area (Å²) in [6, 6.07) is 0.113. The Kier molecular flexibility index (Phi) is 5.61. The number of nitrogens with one attached hydrogen (secondary N) is 1. The quantitative estimate of drug-likeness (QED) is 0.787. The third kappa shape index (κ3) is 3.71. The van der Waals surface area contributed by atoms with Crippen LogP contribution in [0.2, 0.25) is 0 Å². The lowest BCUT2D eigenvalue weighted by Gasteiger charge is -2.18. The highest BCUT2D eigenvalue weighted by Gasteiger charge is 2.21. The molecule has 1 amide bonds. The van der Waals surface area contributed by atoms with Crippen LogP contribution in [0.3, 0.4) is 0 Å². The Hall–Kier alpha value is -1.08. The van der Waals surface area contributed by atoms with Gasteiger partial charge in [0.1, 0.15) is 0 Å². The van der Waals surface area contributed by atoms with E-state index in [1.54, 1.807) is 14.0 Å². The molecular formula is C11H20N4O2S. The molecule has 1 aromatic rings. The number of amides is 1. The first-order valence-electron chi connectivity index (χ1n) is 5.87. The number of carbonyl (C=O) groups is 1. The van der Waals surface area contributed by atoms with Gasteiger partial charge in [-0.3, -0.25) is 9.69 Å². The zero-order chi connectivity index (χ0) is 13.7. The lowest BCUT2D eigenvalue weighted by atomic mass is 10.2. The van der Waals surface area contributed by atoms with E-state index in [0.29, 0.717) is 11.1 Å². The van der Waals surface area contributed by atoms with Crippen LogP contribution in [0.15, 0.2) is 9.64 Å². The molecule has 0 aliphatic carbocycles. The number of carbonyl (C=O) groups excluding carboxylic acids is 1. The van der Waals surface area contributed by atoms with Gasteiger partial charge >= 0.3 is 0 Å². The van der Waals surface area contributed by atoms with Crippen molar-refractivity contribution in [3.8, 4) is 0 Å². The maximum Gasteiger partial charge on any atom is 0.277 e. The second-order valence-corrected chi connectivity index (χ2v) is 5.46. The van der Waals surface area contributed by atoms with Gasteiger partial charge in [-0.2, -0.15) is 0 Å². The molecule has 0 aliphatic rings. The standard InChI is InChI=1S/C11H20N4O2S/c1-6-8(15(4)5)10-13-14-11(17-10)18-7(2)9(16)12-3/h7-8H,6H2,1-5H3,(H,12,16)/t7-,8-/m0/s1. The predicted molar refractivity (Wildman–Crippen MR) is 70.4 cm³/mol. The Bertz CT molecular complexity index is 394. The molecule has 1 rings (SSSR count). The zero-order valence-corrected chi connectivity index (χ0v) is 12.2. The summed E-state index contributed by atoms with van der Waals surface area (Å²) in [6.45, 7) is 3.87. The van der Waals surface area contributed by atoms with Crippen LogP contribution >= 0.6 is 11.8 Å². The molecule has 1 N–H and O–H groups in total. The fourth-order valence-corrected chi connectivity index (χ4v) is 2.32. The van der Waals surface area contributed by atoms with Crippen molar-refractivity contribution < 1.29 is 9.21 Å². The Morgan fingerprint density at radius 3 is 2.67 bits per heavy atom. The summed E-state index contributed by atoms with van der Waals surface area (Å²) < 4.78 is 5.58. The topological polar surface area (TPSA) is 71.3 Å². The molecule has 0 aromatic carbocycles. The molecule has 0 spiro atoms. The van der Waals surface area contributed by atoms with Gasteiger partial charge in [-0.05, 0) is 27.4 Å². The van der Waals surface area contributed by atoms with Crippen LogP contribution in [0.25, 0.3) is 0 Å². The van der Waals surface area contributed by atoms with Crippen molar-refractivity contribution in [3.05, 3.63) is 5.89 Å². The Balaban J connectivity index is 2.71. The number of hydrogen-bond donors (Lipinski definition) is 1. The number of thioether (sulfide) groups is 1. The molecule has 0 unspecified atom stereocenters. The summed E-state index contributed by atoms with van der Waals surface area (Å²) in [5.74, 6) is 0.536. The smallest absolute Gasteiger partial charge is 0.277 e. The summed E-state index contributed by atoms with van der Waals surface area (Å²) in [5.41, 5.74) is 0. The highest BCUT2D eigenvalue weighted by atomic mass is 32.2. The van der Waals surface area contributed by atoms with Crippen molar-refractivity contribution in [3.63, 3.8) is 0 Å². The second kappa shape index (κ2) is 6.75. The van der Waals surface area contributed by atoms with Gasteiger partial charge in [0.2, 0.25) is 11.8 Å². The van der Waals surface area contributed by atoms with Crippen LogP contribution in [-0.2, 0) is 4.79 Å². The fraction of sp³-hybridized carbons (Fsp3) is 0.727. The average Bonchev–Trinajstić information content (AvgIpc) is 2.76. The first-order chi connectivity index (χ1) is 8.49. The molecule has 2 atom stereocenters. The Morgan fingerprint density at radius 1 is 1.50 bits per heavy atom. The summed E-state index contributed by atoms with van der Waals surface area (Å²) >= 11 is 1.27. The van der Waals surface area contributed by atoms with Crippen LogP contribution in [0, 0.1) is 0 Å². The third-order valence-electron chi connectivity index (χ3n) is 2.61. The largest absolute Gasteiger partial charge is 0.414 e. The van der Waals surface area contributed by atoms with E-state index in [1.807, 2.05) is 19.0 Å². The van der Waals surface area contributed by atoms with Crippen molar-refractivity contribution in [1.29, 1.82) is 0 Å². The van der Waals surface area contributed by atoms with E-state index in [9.17, 15) is 4.79 Å². The minimum atomic E-state index is -0.247. The van der Waals surface area contributed by atoms with Gasteiger partial charge in [0.25, 0.3) is 5.22 Å². The zero-order valence-electron chi connectivity index (χ0n) is 11.4. The van der Waals surface area contributed by atoms with Gasteiger partial charge in [0.05, 0.1) is 11.3 Å². The molecule has 0 bridgehead atoms. The monoisotopic (exact) mass is 272 g/mol. The van der Waals surface area contributed by atoms with E-state index in [-0.39, 0.29) is 17.2 Å². The summed E-state index contributed by atoms with van der Waals surface area (Å²) in [4.78, 5) is 13.4. The third-order valence-corrected chi connectivity index (χ3v) is 3.54. The van der Waals surface area contributed by atoms with Crippen molar-refractivity contribution in [2.24, 2.45) is 0 Å². The van der Waals surface area contributed by atoms with Gasteiger partial charge in [-0.25, -0.2) is 0 Å². The summed E-state index contributed by atoms with van der Waals surface area (Å²) in [5, 5.41) is 10.8. The van der Waals surface area contributed by atoms with Crippen molar-refractivity contribution in [1.82, 2.24) is 20.4 Å². The SMILES string of the molecule is CC[C@@H](c1nnc(S[C@@H](C)C(=O)NC)o1)N(C)C. The predicted octanol–water partition coefficient (Wildman–Crippen LogP) is 1.31. The van der Waals surface area contributed by atoms with E-state index >= 15 is 0 Å². The van der Waals surface area contributed by atoms with Crippen molar-refractivity contribution in [2.75, 3.05) is 21.1 Å². The van der Waals surface area contributed by atoms with Gasteiger partial charge in [0.15, 0.2) is 0 Å². The molecule has 0 radical (unpaired) electrons. The fourth-order valence-electron chi connectivity index (χ4n) is 1.57. The molecule has 0 saturated heterocycles. The van der Waals surface area contributed by atoms with Gasteiger partial charge in [0, 0.05) is 7.05 Å². The summed E-state index contributed by atoms with van der Waals surface area (Å²) in [6.07, 6.45) is 0.893. The highest BCUT2D eigenvalue weighted by Crippen LogP contribution is 2.26. The van der Waals surface area contributed by atoms with E-state index in [1.165, 1.54) is 11.8 Å². The Morgan fingerprint density at radius 2 is 2.17 bits per heavy atom. The van der Waals surface area contributed by atoms with Crippen LogP contribution in [0.5, 0.6) is 0 Å². The van der Waals surface area contributed by atoms with E-state index in [4.69, 9.17) is 4.42 Å². The second-order valence-electron chi connectivity index (χ2n) is 4.17. The van der Waals surface area contributed by atoms with E-state index < -0.39 is 0 Å². The lowest BCUT2D eigenvalue weighted by Crippen LogP contribution is -2.27. The van der Waals surface area contributed by atoms with E-state index in [2.05, 4.69) is 22.4 Å². The maximum atomic E-state index is 11.4. The molecule has 1 aromatic heterocycles. The van der Waals surface area contributed by atoms with Gasteiger partial charge in [-0.1, -0.05) is 18.7 Å². The first-order valence-corrected chi connectivity index (χ1v) is 6.75. The first kappa shape index (κ1) is 15.0. The summed E-state index contributed by atoms with van der Waals surface area (Å²) in [7, 11) is 5.55. The van der Waals surface area contributed by atoms with Gasteiger partial charge < -0.3 is 9.73 Å².